The van der Waals surface area contributed by atoms with Crippen molar-refractivity contribution in [2.75, 3.05) is 6.61 Å². The highest BCUT2D eigenvalue weighted by molar-refractivity contribution is 6.30. The zero-order valence-corrected chi connectivity index (χ0v) is 14.4. The smallest absolute Gasteiger partial charge is 0.277 e. The molecule has 0 aliphatic heterocycles. The lowest BCUT2D eigenvalue weighted by atomic mass is 10.1. The van der Waals surface area contributed by atoms with E-state index in [9.17, 15) is 14.9 Å². The van der Waals surface area contributed by atoms with Gasteiger partial charge in [-0.3, -0.25) is 14.9 Å². The summed E-state index contributed by atoms with van der Waals surface area (Å²) < 4.78 is 5.41. The fourth-order valence-corrected chi connectivity index (χ4v) is 2.23. The van der Waals surface area contributed by atoms with Gasteiger partial charge in [-0.15, -0.1) is 0 Å². The molecule has 2 aromatic carbocycles. The third-order valence-electron chi connectivity index (χ3n) is 3.32. The van der Waals surface area contributed by atoms with Gasteiger partial charge < -0.3 is 4.74 Å². The summed E-state index contributed by atoms with van der Waals surface area (Å²) in [7, 11) is 0. The second kappa shape index (κ2) is 8.25. The highest BCUT2D eigenvalue weighted by Gasteiger charge is 2.08. The standard InChI is InChI=1S/C17H16ClN3O4/c1-11-8-14(18)6-7-16(11)25-10-17(22)20-19-12(2)13-4-3-5-15(9-13)21(23)24/h3-9H,10H2,1-2H3,(H,20,22)/b19-12-. The van der Waals surface area contributed by atoms with Gasteiger partial charge in [-0.25, -0.2) is 5.43 Å². The Bertz CT molecular complexity index is 836. The summed E-state index contributed by atoms with van der Waals surface area (Å²) in [5.74, 6) is 0.109. The summed E-state index contributed by atoms with van der Waals surface area (Å²) in [5, 5.41) is 15.3. The van der Waals surface area contributed by atoms with Gasteiger partial charge in [0.25, 0.3) is 11.6 Å². The number of ether oxygens (including phenoxy) is 1. The molecule has 0 atom stereocenters. The van der Waals surface area contributed by atoms with E-state index < -0.39 is 10.8 Å². The van der Waals surface area contributed by atoms with Gasteiger partial charge in [0.05, 0.1) is 10.6 Å². The highest BCUT2D eigenvalue weighted by Crippen LogP contribution is 2.21. The van der Waals surface area contributed by atoms with Gasteiger partial charge in [0, 0.05) is 22.7 Å². The van der Waals surface area contributed by atoms with E-state index in [2.05, 4.69) is 10.5 Å². The van der Waals surface area contributed by atoms with E-state index in [1.165, 1.54) is 12.1 Å². The van der Waals surface area contributed by atoms with Crippen LogP contribution in [0.2, 0.25) is 5.02 Å². The van der Waals surface area contributed by atoms with Crippen molar-refractivity contribution in [3.05, 3.63) is 68.7 Å². The summed E-state index contributed by atoms with van der Waals surface area (Å²) in [5.41, 5.74) is 4.12. The van der Waals surface area contributed by atoms with Crippen molar-refractivity contribution in [2.24, 2.45) is 5.10 Å². The highest BCUT2D eigenvalue weighted by atomic mass is 35.5. The molecule has 0 spiro atoms. The maximum atomic E-state index is 11.8. The van der Waals surface area contributed by atoms with E-state index in [1.807, 2.05) is 6.92 Å². The van der Waals surface area contributed by atoms with Crippen LogP contribution in [0.1, 0.15) is 18.1 Å². The monoisotopic (exact) mass is 361 g/mol. The molecule has 0 unspecified atom stereocenters. The number of amides is 1. The van der Waals surface area contributed by atoms with Gasteiger partial charge in [0.1, 0.15) is 5.75 Å². The van der Waals surface area contributed by atoms with Crippen LogP contribution in [0.5, 0.6) is 5.75 Å². The predicted octanol–water partition coefficient (Wildman–Crippen LogP) is 3.48. The summed E-state index contributed by atoms with van der Waals surface area (Å²) in [6.45, 7) is 3.25. The Kier molecular flexibility index (Phi) is 6.08. The Labute approximate surface area is 149 Å². The van der Waals surface area contributed by atoms with Crippen LogP contribution in [0.3, 0.4) is 0 Å². The zero-order valence-electron chi connectivity index (χ0n) is 13.7. The molecular weight excluding hydrogens is 346 g/mol. The minimum Gasteiger partial charge on any atom is -0.483 e. The molecule has 0 heterocycles. The molecule has 0 radical (unpaired) electrons. The van der Waals surface area contributed by atoms with Crippen LogP contribution in [0.15, 0.2) is 47.6 Å². The molecule has 130 valence electrons. The molecule has 8 heteroatoms. The fraction of sp³-hybridized carbons (Fsp3) is 0.176. The van der Waals surface area contributed by atoms with Gasteiger partial charge in [-0.05, 0) is 37.6 Å². The Morgan fingerprint density at radius 1 is 1.32 bits per heavy atom. The van der Waals surface area contributed by atoms with Crippen molar-refractivity contribution < 1.29 is 14.5 Å². The summed E-state index contributed by atoms with van der Waals surface area (Å²) in [6, 6.07) is 11.1. The molecule has 0 saturated heterocycles. The lowest BCUT2D eigenvalue weighted by Crippen LogP contribution is -2.25. The first kappa shape index (κ1) is 18.4. The van der Waals surface area contributed by atoms with Crippen LogP contribution in [0.25, 0.3) is 0 Å². The number of non-ortho nitro benzene ring substituents is 1. The van der Waals surface area contributed by atoms with Crippen LogP contribution >= 0.6 is 11.6 Å². The van der Waals surface area contributed by atoms with E-state index in [4.69, 9.17) is 16.3 Å². The Hall–Kier alpha value is -2.93. The molecule has 1 N–H and O–H groups in total. The average molecular weight is 362 g/mol. The lowest BCUT2D eigenvalue weighted by molar-refractivity contribution is -0.384. The van der Waals surface area contributed by atoms with E-state index in [0.29, 0.717) is 22.0 Å². The zero-order chi connectivity index (χ0) is 18.4. The fourth-order valence-electron chi connectivity index (χ4n) is 2.01. The Morgan fingerprint density at radius 3 is 2.76 bits per heavy atom. The van der Waals surface area contributed by atoms with Crippen LogP contribution in [-0.4, -0.2) is 23.1 Å². The van der Waals surface area contributed by atoms with Crippen LogP contribution in [0.4, 0.5) is 5.69 Å². The van der Waals surface area contributed by atoms with Crippen LogP contribution < -0.4 is 10.2 Å². The molecule has 0 fully saturated rings. The van der Waals surface area contributed by atoms with E-state index in [1.54, 1.807) is 37.3 Å². The maximum Gasteiger partial charge on any atom is 0.277 e. The molecule has 2 rings (SSSR count). The molecule has 0 aromatic heterocycles. The largest absolute Gasteiger partial charge is 0.483 e. The summed E-state index contributed by atoms with van der Waals surface area (Å²) in [6.07, 6.45) is 0. The molecular formula is C17H16ClN3O4. The van der Waals surface area contributed by atoms with Gasteiger partial charge in [-0.1, -0.05) is 23.7 Å². The van der Waals surface area contributed by atoms with Crippen molar-refractivity contribution in [3.8, 4) is 5.75 Å². The predicted molar refractivity (Wildman–Crippen MR) is 95.1 cm³/mol. The Morgan fingerprint density at radius 2 is 2.08 bits per heavy atom. The second-order valence-electron chi connectivity index (χ2n) is 5.24. The van der Waals surface area contributed by atoms with Crippen molar-refractivity contribution in [3.63, 3.8) is 0 Å². The van der Waals surface area contributed by atoms with Crippen LogP contribution in [-0.2, 0) is 4.79 Å². The third-order valence-corrected chi connectivity index (χ3v) is 3.55. The van der Waals surface area contributed by atoms with Crippen molar-refractivity contribution in [1.29, 1.82) is 0 Å². The van der Waals surface area contributed by atoms with E-state index >= 15 is 0 Å². The molecule has 0 aliphatic rings. The number of benzene rings is 2. The first-order valence-corrected chi connectivity index (χ1v) is 7.71. The molecule has 1 amide bonds. The topological polar surface area (TPSA) is 93.8 Å². The number of nitrogens with zero attached hydrogens (tertiary/aromatic N) is 2. The van der Waals surface area contributed by atoms with Crippen molar-refractivity contribution >= 4 is 28.9 Å². The lowest BCUT2D eigenvalue weighted by Gasteiger charge is -2.08. The van der Waals surface area contributed by atoms with Gasteiger partial charge >= 0.3 is 0 Å². The van der Waals surface area contributed by atoms with E-state index in [0.717, 1.165) is 5.56 Å². The van der Waals surface area contributed by atoms with E-state index in [-0.39, 0.29) is 12.3 Å². The van der Waals surface area contributed by atoms with Crippen molar-refractivity contribution in [1.82, 2.24) is 5.43 Å². The molecule has 0 bridgehead atoms. The van der Waals surface area contributed by atoms with Gasteiger partial charge in [0.2, 0.25) is 0 Å². The number of hydrazone groups is 1. The second-order valence-corrected chi connectivity index (χ2v) is 5.67. The summed E-state index contributed by atoms with van der Waals surface area (Å²) >= 11 is 5.86. The number of nitro benzene ring substituents is 1. The number of carbonyl (C=O) groups excluding carboxylic acids is 1. The molecule has 0 aliphatic carbocycles. The normalized spacial score (nSPS) is 11.1. The minimum atomic E-state index is -0.488. The Balaban J connectivity index is 1.95. The van der Waals surface area contributed by atoms with Crippen molar-refractivity contribution in [2.45, 2.75) is 13.8 Å². The number of hydrogen-bond acceptors (Lipinski definition) is 5. The number of nitro groups is 1. The van der Waals surface area contributed by atoms with Crippen LogP contribution in [0, 0.1) is 17.0 Å². The van der Waals surface area contributed by atoms with Gasteiger partial charge in [-0.2, -0.15) is 5.10 Å². The average Bonchev–Trinajstić information content (AvgIpc) is 2.59. The molecule has 0 saturated carbocycles. The molecule has 7 nitrogen and oxygen atoms in total. The first-order chi connectivity index (χ1) is 11.9. The minimum absolute atomic E-state index is 0.0417. The number of carbonyl (C=O) groups is 1. The summed E-state index contributed by atoms with van der Waals surface area (Å²) in [4.78, 5) is 22.1. The third kappa shape index (κ3) is 5.29. The number of halogens is 1. The number of aryl methyl sites for hydroxylation is 1. The first-order valence-electron chi connectivity index (χ1n) is 7.33. The molecule has 2 aromatic rings. The number of hydrogen-bond donors (Lipinski definition) is 1. The number of nitrogens with one attached hydrogen (secondary N) is 1. The molecule has 25 heavy (non-hydrogen) atoms. The maximum absolute atomic E-state index is 11.8. The SMILES string of the molecule is C/C(=N/NC(=O)COc1ccc(Cl)cc1C)c1cccc([N+](=O)[O-])c1. The van der Waals surface area contributed by atoms with Gasteiger partial charge in [0.15, 0.2) is 6.61 Å². The number of rotatable bonds is 6. The quantitative estimate of drug-likeness (QED) is 0.484.